The van der Waals surface area contributed by atoms with E-state index in [0.717, 1.165) is 12.8 Å². The summed E-state index contributed by atoms with van der Waals surface area (Å²) in [5, 5.41) is 20.2. The first-order valence-electron chi connectivity index (χ1n) is 7.85. The van der Waals surface area contributed by atoms with Gasteiger partial charge in [0.1, 0.15) is 6.04 Å². The van der Waals surface area contributed by atoms with Gasteiger partial charge in [0.25, 0.3) is 0 Å². The van der Waals surface area contributed by atoms with Gasteiger partial charge in [-0.2, -0.15) is 0 Å². The normalized spacial score (nSPS) is 17.2. The number of hydrogen-bond donors (Lipinski definition) is 1. The molecule has 8 nitrogen and oxygen atoms in total. The van der Waals surface area contributed by atoms with Gasteiger partial charge in [-0.3, -0.25) is 14.9 Å². The number of carbonyl (C=O) groups excluding carboxylic acids is 1. The Morgan fingerprint density at radius 3 is 2.84 bits per heavy atom. The second-order valence-electron chi connectivity index (χ2n) is 5.69. The van der Waals surface area contributed by atoms with Crippen LogP contribution in [0.3, 0.4) is 0 Å². The minimum absolute atomic E-state index is 0.117. The molecule has 0 aromatic heterocycles. The summed E-state index contributed by atoms with van der Waals surface area (Å²) >= 11 is 1.31. The van der Waals surface area contributed by atoms with Gasteiger partial charge < -0.3 is 14.7 Å². The lowest BCUT2D eigenvalue weighted by molar-refractivity contribution is -0.385. The SMILES string of the molecule is COc1ccc(CSCC(=O)N2CCCC[C@@H]2C(=O)O)cc1[N+](=O)[O-]. The van der Waals surface area contributed by atoms with Crippen molar-refractivity contribution >= 4 is 29.3 Å². The van der Waals surface area contributed by atoms with Gasteiger partial charge in [-0.15, -0.1) is 11.8 Å². The molecule has 1 saturated heterocycles. The van der Waals surface area contributed by atoms with Crippen LogP contribution in [0.4, 0.5) is 5.69 Å². The van der Waals surface area contributed by atoms with Gasteiger partial charge in [-0.05, 0) is 30.9 Å². The van der Waals surface area contributed by atoms with Crippen LogP contribution in [0, 0.1) is 10.1 Å². The van der Waals surface area contributed by atoms with E-state index < -0.39 is 16.9 Å². The standard InChI is InChI=1S/C16H20N2O6S/c1-24-14-6-5-11(8-13(14)18(22)23)9-25-10-15(19)17-7-3-2-4-12(17)16(20)21/h5-6,8,12H,2-4,7,9-10H2,1H3,(H,20,21)/t12-/m1/s1. The molecule has 25 heavy (non-hydrogen) atoms. The van der Waals surface area contributed by atoms with E-state index in [2.05, 4.69) is 0 Å². The fourth-order valence-electron chi connectivity index (χ4n) is 2.79. The van der Waals surface area contributed by atoms with Crippen LogP contribution in [0.5, 0.6) is 5.75 Å². The molecule has 1 aromatic carbocycles. The summed E-state index contributed by atoms with van der Waals surface area (Å²) in [5.41, 5.74) is 0.590. The number of nitrogens with zero attached hydrogens (tertiary/aromatic N) is 2. The molecular formula is C16H20N2O6S. The molecule has 2 rings (SSSR count). The van der Waals surface area contributed by atoms with Crippen molar-refractivity contribution in [1.29, 1.82) is 0 Å². The Hall–Kier alpha value is -2.29. The Bertz CT molecular complexity index is 666. The third-order valence-electron chi connectivity index (χ3n) is 4.04. The topological polar surface area (TPSA) is 110 Å². The van der Waals surface area contributed by atoms with E-state index in [9.17, 15) is 24.8 Å². The van der Waals surface area contributed by atoms with Crippen molar-refractivity contribution in [2.75, 3.05) is 19.4 Å². The lowest BCUT2D eigenvalue weighted by Gasteiger charge is -2.32. The number of amides is 1. The van der Waals surface area contributed by atoms with Crippen molar-refractivity contribution in [2.24, 2.45) is 0 Å². The van der Waals surface area contributed by atoms with Gasteiger partial charge in [-0.1, -0.05) is 6.07 Å². The van der Waals surface area contributed by atoms with Crippen LogP contribution in [-0.4, -0.2) is 52.3 Å². The number of carboxylic acids is 1. The molecule has 1 fully saturated rings. The van der Waals surface area contributed by atoms with Crippen LogP contribution in [0.25, 0.3) is 0 Å². The quantitative estimate of drug-likeness (QED) is 0.581. The zero-order valence-corrected chi connectivity index (χ0v) is 14.7. The molecule has 1 N–H and O–H groups in total. The molecule has 0 bridgehead atoms. The summed E-state index contributed by atoms with van der Waals surface area (Å²) in [6.07, 6.45) is 2.10. The van der Waals surface area contributed by atoms with Gasteiger partial charge >= 0.3 is 11.7 Å². The summed E-state index contributed by atoms with van der Waals surface area (Å²) in [4.78, 5) is 35.5. The average Bonchev–Trinajstić information content (AvgIpc) is 2.61. The number of likely N-dealkylation sites (tertiary alicyclic amines) is 1. The van der Waals surface area contributed by atoms with Crippen LogP contribution in [0.2, 0.25) is 0 Å². The first kappa shape index (κ1) is 19.0. The molecule has 0 radical (unpaired) electrons. The summed E-state index contributed by atoms with van der Waals surface area (Å²) in [5.74, 6) is -0.428. The first-order valence-corrected chi connectivity index (χ1v) is 9.01. The maximum atomic E-state index is 12.3. The van der Waals surface area contributed by atoms with Crippen LogP contribution >= 0.6 is 11.8 Å². The maximum Gasteiger partial charge on any atom is 0.326 e. The first-order chi connectivity index (χ1) is 11.9. The molecule has 1 aliphatic heterocycles. The highest BCUT2D eigenvalue weighted by atomic mass is 32.2. The van der Waals surface area contributed by atoms with Crippen molar-refractivity contribution < 1.29 is 24.4 Å². The van der Waals surface area contributed by atoms with E-state index in [-0.39, 0.29) is 23.1 Å². The highest BCUT2D eigenvalue weighted by molar-refractivity contribution is 7.99. The predicted molar refractivity (Wildman–Crippen MR) is 92.8 cm³/mol. The van der Waals surface area contributed by atoms with E-state index in [4.69, 9.17) is 4.74 Å². The molecule has 0 spiro atoms. The number of thioether (sulfide) groups is 1. The minimum Gasteiger partial charge on any atom is -0.490 e. The molecule has 0 unspecified atom stereocenters. The Balaban J connectivity index is 1.93. The third kappa shape index (κ3) is 4.85. The third-order valence-corrected chi connectivity index (χ3v) is 5.03. The predicted octanol–water partition coefficient (Wildman–Crippen LogP) is 2.30. The number of carboxylic acid groups (broad SMARTS) is 1. The van der Waals surface area contributed by atoms with Crippen molar-refractivity contribution in [3.63, 3.8) is 0 Å². The van der Waals surface area contributed by atoms with Crippen molar-refractivity contribution in [1.82, 2.24) is 4.90 Å². The van der Waals surface area contributed by atoms with Gasteiger partial charge in [0.2, 0.25) is 5.91 Å². The van der Waals surface area contributed by atoms with Crippen LogP contribution < -0.4 is 4.74 Å². The number of methoxy groups -OCH3 is 1. The van der Waals surface area contributed by atoms with E-state index >= 15 is 0 Å². The summed E-state index contributed by atoms with van der Waals surface area (Å²) in [6.45, 7) is 0.463. The molecule has 1 heterocycles. The molecule has 9 heteroatoms. The van der Waals surface area contributed by atoms with Gasteiger partial charge in [0.15, 0.2) is 5.75 Å². The van der Waals surface area contributed by atoms with Crippen molar-refractivity contribution in [3.05, 3.63) is 33.9 Å². The number of piperidine rings is 1. The average molecular weight is 368 g/mol. The molecule has 1 aliphatic rings. The van der Waals surface area contributed by atoms with Gasteiger partial charge in [0.05, 0.1) is 17.8 Å². The summed E-state index contributed by atoms with van der Waals surface area (Å²) in [6, 6.07) is 3.92. The number of aliphatic carboxylic acids is 1. The van der Waals surface area contributed by atoms with Crippen LogP contribution in [0.15, 0.2) is 18.2 Å². The van der Waals surface area contributed by atoms with E-state index in [0.29, 0.717) is 24.3 Å². The number of carbonyl (C=O) groups is 2. The molecular weight excluding hydrogens is 348 g/mol. The number of hydrogen-bond acceptors (Lipinski definition) is 6. The highest BCUT2D eigenvalue weighted by Crippen LogP contribution is 2.29. The van der Waals surface area contributed by atoms with Crippen molar-refractivity contribution in [3.8, 4) is 5.75 Å². The summed E-state index contributed by atoms with van der Waals surface area (Å²) < 4.78 is 4.95. The molecule has 0 aliphatic carbocycles. The maximum absolute atomic E-state index is 12.3. The number of ether oxygens (including phenoxy) is 1. The second kappa shape index (κ2) is 8.70. The fraction of sp³-hybridized carbons (Fsp3) is 0.500. The number of rotatable bonds is 7. The Morgan fingerprint density at radius 1 is 1.44 bits per heavy atom. The zero-order chi connectivity index (χ0) is 18.4. The number of benzene rings is 1. The monoisotopic (exact) mass is 368 g/mol. The van der Waals surface area contributed by atoms with Crippen LogP contribution in [0.1, 0.15) is 24.8 Å². The van der Waals surface area contributed by atoms with Crippen molar-refractivity contribution in [2.45, 2.75) is 31.1 Å². The Kier molecular flexibility index (Phi) is 6.63. The minimum atomic E-state index is -0.969. The molecule has 1 atom stereocenters. The number of nitro benzene ring substituents is 1. The smallest absolute Gasteiger partial charge is 0.326 e. The fourth-order valence-corrected chi connectivity index (χ4v) is 3.65. The molecule has 136 valence electrons. The second-order valence-corrected chi connectivity index (χ2v) is 6.68. The van der Waals surface area contributed by atoms with Gasteiger partial charge in [-0.25, -0.2) is 4.79 Å². The molecule has 1 amide bonds. The lowest BCUT2D eigenvalue weighted by Crippen LogP contribution is -2.48. The number of nitro groups is 1. The van der Waals surface area contributed by atoms with Gasteiger partial charge in [0, 0.05) is 18.4 Å². The van der Waals surface area contributed by atoms with E-state index in [1.54, 1.807) is 6.07 Å². The highest BCUT2D eigenvalue weighted by Gasteiger charge is 2.31. The Morgan fingerprint density at radius 2 is 2.20 bits per heavy atom. The zero-order valence-electron chi connectivity index (χ0n) is 13.8. The largest absolute Gasteiger partial charge is 0.490 e. The van der Waals surface area contributed by atoms with E-state index in [1.165, 1.54) is 35.9 Å². The lowest BCUT2D eigenvalue weighted by atomic mass is 10.0. The van der Waals surface area contributed by atoms with Crippen LogP contribution in [-0.2, 0) is 15.3 Å². The molecule has 1 aromatic rings. The Labute approximate surface area is 149 Å². The molecule has 0 saturated carbocycles. The van der Waals surface area contributed by atoms with E-state index in [1.807, 2.05) is 0 Å². The summed E-state index contributed by atoms with van der Waals surface area (Å²) in [7, 11) is 1.37.